The van der Waals surface area contributed by atoms with E-state index in [1.807, 2.05) is 19.1 Å². The molecule has 0 aliphatic carbocycles. The molecule has 2 rings (SSSR count). The van der Waals surface area contributed by atoms with Gasteiger partial charge in [-0.25, -0.2) is 0 Å². The average molecular weight is 374 g/mol. The molecule has 0 saturated carbocycles. The Labute approximate surface area is 123 Å². The minimum Gasteiger partial charge on any atom is -0.495 e. The summed E-state index contributed by atoms with van der Waals surface area (Å²) in [5.74, 6) is 0.802. The number of hydrogen-bond acceptors (Lipinski definition) is 3. The molecule has 96 valence electrons. The van der Waals surface area contributed by atoms with Crippen LogP contribution in [-0.2, 0) is 0 Å². The molecule has 1 N–H and O–H groups in total. The van der Waals surface area contributed by atoms with Gasteiger partial charge >= 0.3 is 0 Å². The lowest BCUT2D eigenvalue weighted by atomic mass is 10.1. The SMILES string of the molecule is CCNc1cc(C)nc2c(Br)cc(Br)c(OC)c12. The molecule has 0 saturated heterocycles. The van der Waals surface area contributed by atoms with Crippen molar-refractivity contribution in [2.75, 3.05) is 19.0 Å². The standard InChI is InChI=1S/C13H14Br2N2O/c1-4-16-10-5-7(2)17-12-8(14)6-9(15)13(18-3)11(10)12/h5-6H,4H2,1-3H3,(H,16,17). The third kappa shape index (κ3) is 2.34. The number of anilines is 1. The monoisotopic (exact) mass is 372 g/mol. The number of nitrogens with one attached hydrogen (secondary N) is 1. The van der Waals surface area contributed by atoms with Gasteiger partial charge < -0.3 is 10.1 Å². The molecule has 0 aliphatic heterocycles. The number of fused-ring (bicyclic) bond motifs is 1. The minimum absolute atomic E-state index is 0.802. The first kappa shape index (κ1) is 13.6. The maximum atomic E-state index is 5.49. The van der Waals surface area contributed by atoms with Crippen LogP contribution in [0.25, 0.3) is 10.9 Å². The third-order valence-corrected chi connectivity index (χ3v) is 3.84. The maximum Gasteiger partial charge on any atom is 0.144 e. The fourth-order valence-electron chi connectivity index (χ4n) is 1.97. The molecule has 3 nitrogen and oxygen atoms in total. The molecule has 1 heterocycles. The molecule has 0 spiro atoms. The van der Waals surface area contributed by atoms with Crippen LogP contribution in [0.3, 0.4) is 0 Å². The molecule has 0 unspecified atom stereocenters. The van der Waals surface area contributed by atoms with Gasteiger partial charge in [0.15, 0.2) is 0 Å². The van der Waals surface area contributed by atoms with Crippen LogP contribution < -0.4 is 10.1 Å². The highest BCUT2D eigenvalue weighted by atomic mass is 79.9. The highest BCUT2D eigenvalue weighted by molar-refractivity contribution is 9.11. The van der Waals surface area contributed by atoms with Crippen molar-refractivity contribution in [3.63, 3.8) is 0 Å². The van der Waals surface area contributed by atoms with Gasteiger partial charge in [0.05, 0.1) is 22.5 Å². The fourth-order valence-corrected chi connectivity index (χ4v) is 3.38. The number of aromatic nitrogens is 1. The number of ether oxygens (including phenoxy) is 1. The Morgan fingerprint density at radius 2 is 2.00 bits per heavy atom. The normalized spacial score (nSPS) is 10.7. The van der Waals surface area contributed by atoms with Crippen molar-refractivity contribution >= 4 is 48.5 Å². The van der Waals surface area contributed by atoms with E-state index in [-0.39, 0.29) is 0 Å². The van der Waals surface area contributed by atoms with Gasteiger partial charge in [0.25, 0.3) is 0 Å². The lowest BCUT2D eigenvalue weighted by Gasteiger charge is -2.15. The summed E-state index contributed by atoms with van der Waals surface area (Å²) in [4.78, 5) is 4.58. The van der Waals surface area contributed by atoms with E-state index >= 15 is 0 Å². The second kappa shape index (κ2) is 5.45. The number of halogens is 2. The van der Waals surface area contributed by atoms with Crippen molar-refractivity contribution in [2.45, 2.75) is 13.8 Å². The van der Waals surface area contributed by atoms with Crippen LogP contribution in [0.2, 0.25) is 0 Å². The number of nitrogens with zero attached hydrogens (tertiary/aromatic N) is 1. The summed E-state index contributed by atoms with van der Waals surface area (Å²) in [5, 5.41) is 4.35. The topological polar surface area (TPSA) is 34.2 Å². The Morgan fingerprint density at radius 1 is 1.28 bits per heavy atom. The van der Waals surface area contributed by atoms with Crippen molar-refractivity contribution in [2.24, 2.45) is 0 Å². The fraction of sp³-hybridized carbons (Fsp3) is 0.308. The Hall–Kier alpha value is -0.810. The number of pyridine rings is 1. The summed E-state index contributed by atoms with van der Waals surface area (Å²) in [6.07, 6.45) is 0. The molecule has 1 aromatic heterocycles. The molecule has 5 heteroatoms. The van der Waals surface area contributed by atoms with Crippen molar-refractivity contribution in [3.05, 3.63) is 26.8 Å². The lowest BCUT2D eigenvalue weighted by Crippen LogP contribution is -2.01. The molecule has 0 bridgehead atoms. The van der Waals surface area contributed by atoms with Crippen molar-refractivity contribution in [3.8, 4) is 5.75 Å². The molecule has 0 amide bonds. The van der Waals surface area contributed by atoms with Crippen LogP contribution in [0.4, 0.5) is 5.69 Å². The van der Waals surface area contributed by atoms with E-state index in [0.29, 0.717) is 0 Å². The maximum absolute atomic E-state index is 5.49. The van der Waals surface area contributed by atoms with Gasteiger partial charge in [-0.2, -0.15) is 0 Å². The molecule has 0 fully saturated rings. The Bertz CT molecular complexity index is 599. The predicted octanol–water partition coefficient (Wildman–Crippen LogP) is 4.51. The number of rotatable bonds is 3. The minimum atomic E-state index is 0.802. The summed E-state index contributed by atoms with van der Waals surface area (Å²) in [6, 6.07) is 4.00. The summed E-state index contributed by atoms with van der Waals surface area (Å²) in [5.41, 5.74) is 2.92. The van der Waals surface area contributed by atoms with Crippen LogP contribution in [0.15, 0.2) is 21.1 Å². The molecule has 2 aromatic rings. The predicted molar refractivity (Wildman–Crippen MR) is 82.6 cm³/mol. The van der Waals surface area contributed by atoms with E-state index in [1.165, 1.54) is 0 Å². The molecular weight excluding hydrogens is 360 g/mol. The number of methoxy groups -OCH3 is 1. The largest absolute Gasteiger partial charge is 0.495 e. The zero-order chi connectivity index (χ0) is 13.3. The van der Waals surface area contributed by atoms with Gasteiger partial charge in [-0.1, -0.05) is 0 Å². The van der Waals surface area contributed by atoms with Crippen molar-refractivity contribution < 1.29 is 4.74 Å². The smallest absolute Gasteiger partial charge is 0.144 e. The van der Waals surface area contributed by atoms with E-state index < -0.39 is 0 Å². The van der Waals surface area contributed by atoms with Gasteiger partial charge in [-0.05, 0) is 57.8 Å². The van der Waals surface area contributed by atoms with Crippen LogP contribution in [0, 0.1) is 6.92 Å². The first-order valence-corrected chi connectivity index (χ1v) is 7.24. The van der Waals surface area contributed by atoms with Crippen LogP contribution in [-0.4, -0.2) is 18.6 Å². The molecular formula is C13H14Br2N2O. The Morgan fingerprint density at radius 3 is 2.61 bits per heavy atom. The van der Waals surface area contributed by atoms with Gasteiger partial charge in [-0.15, -0.1) is 0 Å². The second-order valence-electron chi connectivity index (χ2n) is 3.94. The van der Waals surface area contributed by atoms with E-state index in [9.17, 15) is 0 Å². The van der Waals surface area contributed by atoms with E-state index in [2.05, 4.69) is 49.1 Å². The highest BCUT2D eigenvalue weighted by Crippen LogP contribution is 2.41. The summed E-state index contributed by atoms with van der Waals surface area (Å²) in [6.45, 7) is 4.91. The first-order valence-electron chi connectivity index (χ1n) is 5.65. The number of aryl methyl sites for hydroxylation is 1. The summed E-state index contributed by atoms with van der Waals surface area (Å²) < 4.78 is 7.36. The van der Waals surface area contributed by atoms with Crippen molar-refractivity contribution in [1.82, 2.24) is 4.98 Å². The average Bonchev–Trinajstić information content (AvgIpc) is 2.31. The Balaban J connectivity index is 2.90. The van der Waals surface area contributed by atoms with Crippen molar-refractivity contribution in [1.29, 1.82) is 0 Å². The molecule has 1 aromatic carbocycles. The molecule has 0 radical (unpaired) electrons. The van der Waals surface area contributed by atoms with Crippen LogP contribution in [0.5, 0.6) is 5.75 Å². The summed E-state index contributed by atoms with van der Waals surface area (Å²) >= 11 is 7.08. The number of benzene rings is 1. The highest BCUT2D eigenvalue weighted by Gasteiger charge is 2.15. The third-order valence-electron chi connectivity index (χ3n) is 2.64. The van der Waals surface area contributed by atoms with E-state index in [0.717, 1.165) is 43.5 Å². The Kier molecular flexibility index (Phi) is 4.12. The zero-order valence-electron chi connectivity index (χ0n) is 10.5. The van der Waals surface area contributed by atoms with Crippen LogP contribution in [0.1, 0.15) is 12.6 Å². The molecule has 0 aliphatic rings. The van der Waals surface area contributed by atoms with Gasteiger partial charge in [0.1, 0.15) is 5.75 Å². The van der Waals surface area contributed by atoms with Gasteiger partial charge in [0.2, 0.25) is 0 Å². The second-order valence-corrected chi connectivity index (χ2v) is 5.65. The van der Waals surface area contributed by atoms with E-state index in [1.54, 1.807) is 7.11 Å². The molecule has 18 heavy (non-hydrogen) atoms. The van der Waals surface area contributed by atoms with E-state index in [4.69, 9.17) is 4.74 Å². The van der Waals surface area contributed by atoms with Crippen LogP contribution >= 0.6 is 31.9 Å². The quantitative estimate of drug-likeness (QED) is 0.859. The zero-order valence-corrected chi connectivity index (χ0v) is 13.6. The van der Waals surface area contributed by atoms with Gasteiger partial charge in [-0.3, -0.25) is 4.98 Å². The first-order chi connectivity index (χ1) is 8.58. The lowest BCUT2D eigenvalue weighted by molar-refractivity contribution is 0.417. The summed E-state index contributed by atoms with van der Waals surface area (Å²) in [7, 11) is 1.67. The number of hydrogen-bond donors (Lipinski definition) is 1. The van der Waals surface area contributed by atoms with Gasteiger partial charge in [0, 0.05) is 22.4 Å². The molecule has 0 atom stereocenters.